The third-order valence-corrected chi connectivity index (χ3v) is 7.14. The second kappa shape index (κ2) is 9.63. The summed E-state index contributed by atoms with van der Waals surface area (Å²) in [5, 5.41) is 2.88. The summed E-state index contributed by atoms with van der Waals surface area (Å²) in [7, 11) is 1.70. The Bertz CT molecular complexity index is 908. The molecule has 4 rings (SSSR count). The van der Waals surface area contributed by atoms with Crippen molar-refractivity contribution in [1.82, 2.24) is 15.2 Å². The molecule has 5 heteroatoms. The summed E-state index contributed by atoms with van der Waals surface area (Å²) in [6.45, 7) is 1.17. The highest BCUT2D eigenvalue weighted by molar-refractivity contribution is 5.86. The Morgan fingerprint density at radius 1 is 1.10 bits per heavy atom. The zero-order valence-corrected chi connectivity index (χ0v) is 18.5. The fraction of sp³-hybridized carbons (Fsp3) is 0.500. The number of hydrogen-bond acceptors (Lipinski definition) is 3. The van der Waals surface area contributed by atoms with Crippen LogP contribution in [0.4, 0.5) is 0 Å². The van der Waals surface area contributed by atoms with Crippen molar-refractivity contribution in [3.05, 3.63) is 54.4 Å². The summed E-state index contributed by atoms with van der Waals surface area (Å²) in [5.41, 5.74) is 2.78. The van der Waals surface area contributed by atoms with Crippen molar-refractivity contribution in [3.63, 3.8) is 0 Å². The highest BCUT2D eigenvalue weighted by atomic mass is 16.2. The van der Waals surface area contributed by atoms with Crippen LogP contribution in [0.1, 0.15) is 50.5 Å². The summed E-state index contributed by atoms with van der Waals surface area (Å²) in [5.74, 6) is 0.772. The van der Waals surface area contributed by atoms with Crippen molar-refractivity contribution in [3.8, 4) is 11.1 Å². The molecule has 1 aliphatic carbocycles. The van der Waals surface area contributed by atoms with E-state index >= 15 is 0 Å². The molecule has 5 nitrogen and oxygen atoms in total. The predicted octanol–water partition coefficient (Wildman–Crippen LogP) is 4.23. The average Bonchev–Trinajstić information content (AvgIpc) is 3.25. The molecule has 1 aromatic heterocycles. The summed E-state index contributed by atoms with van der Waals surface area (Å²) >= 11 is 0. The molecule has 1 atom stereocenters. The van der Waals surface area contributed by atoms with E-state index in [1.165, 1.54) is 32.1 Å². The third kappa shape index (κ3) is 4.81. The van der Waals surface area contributed by atoms with Crippen LogP contribution in [0.2, 0.25) is 0 Å². The number of nitrogens with one attached hydrogen (secondary N) is 1. The van der Waals surface area contributed by atoms with Crippen molar-refractivity contribution < 1.29 is 9.59 Å². The lowest BCUT2D eigenvalue weighted by molar-refractivity contribution is -0.133. The quantitative estimate of drug-likeness (QED) is 0.762. The Hall–Kier alpha value is -2.69. The van der Waals surface area contributed by atoms with Crippen LogP contribution in [-0.2, 0) is 16.0 Å². The lowest BCUT2D eigenvalue weighted by Crippen LogP contribution is -2.44. The van der Waals surface area contributed by atoms with Gasteiger partial charge < -0.3 is 10.2 Å². The second-order valence-electron chi connectivity index (χ2n) is 9.20. The maximum atomic E-state index is 13.1. The van der Waals surface area contributed by atoms with Crippen LogP contribution in [-0.4, -0.2) is 41.8 Å². The monoisotopic (exact) mass is 419 g/mol. The van der Waals surface area contributed by atoms with Crippen LogP contribution in [0.25, 0.3) is 11.1 Å². The van der Waals surface area contributed by atoms with Gasteiger partial charge in [0.05, 0.1) is 5.41 Å². The zero-order valence-electron chi connectivity index (χ0n) is 18.5. The predicted molar refractivity (Wildman–Crippen MR) is 122 cm³/mol. The van der Waals surface area contributed by atoms with Crippen molar-refractivity contribution in [2.75, 3.05) is 20.1 Å². The summed E-state index contributed by atoms with van der Waals surface area (Å²) < 4.78 is 0. The van der Waals surface area contributed by atoms with Gasteiger partial charge in [-0.15, -0.1) is 0 Å². The minimum absolute atomic E-state index is 0.0324. The van der Waals surface area contributed by atoms with Gasteiger partial charge >= 0.3 is 0 Å². The van der Waals surface area contributed by atoms with E-state index < -0.39 is 5.41 Å². The second-order valence-corrected chi connectivity index (χ2v) is 9.20. The first kappa shape index (κ1) is 21.5. The maximum absolute atomic E-state index is 13.1. The first-order chi connectivity index (χ1) is 15.1. The van der Waals surface area contributed by atoms with Gasteiger partial charge in [0, 0.05) is 39.0 Å². The molecule has 31 heavy (non-hydrogen) atoms. The molecular formula is C26H33N3O2. The van der Waals surface area contributed by atoms with Gasteiger partial charge in [-0.1, -0.05) is 43.5 Å². The van der Waals surface area contributed by atoms with E-state index in [4.69, 9.17) is 0 Å². The standard InChI is InChI=1S/C26H33N3O2/c1-27-25(31)26(13-16-29(19-26)24(30)17-20-7-3-2-4-8-20)18-22-9-5-6-10-23(22)21-11-14-28-15-12-21/h5-6,9-12,14-15,20H,2-4,7-8,13,16-19H2,1H3,(H,27,31)/t26-/m1/s1. The highest BCUT2D eigenvalue weighted by Crippen LogP contribution is 2.38. The van der Waals surface area contributed by atoms with Gasteiger partial charge in [0.15, 0.2) is 0 Å². The molecule has 1 saturated carbocycles. The van der Waals surface area contributed by atoms with Crippen molar-refractivity contribution in [1.29, 1.82) is 0 Å². The van der Waals surface area contributed by atoms with Crippen molar-refractivity contribution >= 4 is 11.8 Å². The first-order valence-corrected chi connectivity index (χ1v) is 11.6. The van der Waals surface area contributed by atoms with Crippen LogP contribution < -0.4 is 5.32 Å². The average molecular weight is 420 g/mol. The number of aromatic nitrogens is 1. The summed E-state index contributed by atoms with van der Waals surface area (Å²) in [6.07, 6.45) is 11.7. The molecule has 164 valence electrons. The van der Waals surface area contributed by atoms with Gasteiger partial charge in [0.1, 0.15) is 0 Å². The SMILES string of the molecule is CNC(=O)[C@@]1(Cc2ccccc2-c2ccncc2)CCN(C(=O)CC2CCCCC2)C1. The molecule has 2 amide bonds. The minimum atomic E-state index is -0.583. The number of amides is 2. The van der Waals surface area contributed by atoms with Gasteiger partial charge in [0.2, 0.25) is 11.8 Å². The Kier molecular flexibility index (Phi) is 6.69. The largest absolute Gasteiger partial charge is 0.359 e. The molecule has 2 aliphatic rings. The van der Waals surface area contributed by atoms with Gasteiger partial charge in [-0.2, -0.15) is 0 Å². The van der Waals surface area contributed by atoms with Gasteiger partial charge in [0.25, 0.3) is 0 Å². The van der Waals surface area contributed by atoms with Crippen LogP contribution in [0.15, 0.2) is 48.8 Å². The first-order valence-electron chi connectivity index (χ1n) is 11.6. The summed E-state index contributed by atoms with van der Waals surface area (Å²) in [4.78, 5) is 32.2. The fourth-order valence-corrected chi connectivity index (χ4v) is 5.38. The van der Waals surface area contributed by atoms with Crippen molar-refractivity contribution in [2.24, 2.45) is 11.3 Å². The molecule has 1 aromatic carbocycles. The van der Waals surface area contributed by atoms with E-state index in [9.17, 15) is 9.59 Å². The topological polar surface area (TPSA) is 62.3 Å². The smallest absolute Gasteiger partial charge is 0.228 e. The van der Waals surface area contributed by atoms with E-state index in [0.29, 0.717) is 38.3 Å². The molecule has 2 fully saturated rings. The molecule has 1 N–H and O–H groups in total. The van der Waals surface area contributed by atoms with Gasteiger partial charge in [-0.25, -0.2) is 0 Å². The molecular weight excluding hydrogens is 386 g/mol. The van der Waals surface area contributed by atoms with E-state index in [1.54, 1.807) is 19.4 Å². The van der Waals surface area contributed by atoms with Crippen LogP contribution >= 0.6 is 0 Å². The minimum Gasteiger partial charge on any atom is -0.359 e. The van der Waals surface area contributed by atoms with Gasteiger partial charge in [-0.05, 0) is 60.4 Å². The van der Waals surface area contributed by atoms with Crippen LogP contribution in [0, 0.1) is 11.3 Å². The Balaban J connectivity index is 1.54. The summed E-state index contributed by atoms with van der Waals surface area (Å²) in [6, 6.07) is 12.3. The number of nitrogens with zero attached hydrogens (tertiary/aromatic N) is 2. The number of pyridine rings is 1. The third-order valence-electron chi connectivity index (χ3n) is 7.14. The molecule has 0 spiro atoms. The van der Waals surface area contributed by atoms with Crippen LogP contribution in [0.5, 0.6) is 0 Å². The van der Waals surface area contributed by atoms with Crippen LogP contribution in [0.3, 0.4) is 0 Å². The van der Waals surface area contributed by atoms with Gasteiger partial charge in [-0.3, -0.25) is 14.6 Å². The highest BCUT2D eigenvalue weighted by Gasteiger charge is 2.46. The fourth-order valence-electron chi connectivity index (χ4n) is 5.38. The molecule has 2 heterocycles. The molecule has 0 bridgehead atoms. The Morgan fingerprint density at radius 3 is 2.58 bits per heavy atom. The van der Waals surface area contributed by atoms with E-state index in [1.807, 2.05) is 29.2 Å². The molecule has 0 unspecified atom stereocenters. The molecule has 1 aliphatic heterocycles. The number of carbonyl (C=O) groups excluding carboxylic acids is 2. The number of hydrogen-bond donors (Lipinski definition) is 1. The number of likely N-dealkylation sites (tertiary alicyclic amines) is 1. The lowest BCUT2D eigenvalue weighted by Gasteiger charge is -2.29. The molecule has 0 radical (unpaired) electrons. The Labute approximate surface area is 185 Å². The number of carbonyl (C=O) groups is 2. The van der Waals surface area contributed by atoms with E-state index in [2.05, 4.69) is 22.4 Å². The van der Waals surface area contributed by atoms with E-state index in [-0.39, 0.29) is 11.8 Å². The van der Waals surface area contributed by atoms with E-state index in [0.717, 1.165) is 16.7 Å². The maximum Gasteiger partial charge on any atom is 0.228 e. The number of benzene rings is 1. The van der Waals surface area contributed by atoms with Crippen molar-refractivity contribution in [2.45, 2.75) is 51.4 Å². The number of rotatable bonds is 6. The lowest BCUT2D eigenvalue weighted by atomic mass is 9.78. The zero-order chi connectivity index (χ0) is 21.7. The molecule has 2 aromatic rings. The Morgan fingerprint density at radius 2 is 1.84 bits per heavy atom. The molecule has 1 saturated heterocycles. The normalized spacial score (nSPS) is 21.8.